The molecule has 0 saturated carbocycles. The molecule has 3 aromatic heterocycles. The van der Waals surface area contributed by atoms with Crippen molar-refractivity contribution in [3.05, 3.63) is 76.8 Å². The van der Waals surface area contributed by atoms with Gasteiger partial charge in [0.2, 0.25) is 0 Å². The lowest BCUT2D eigenvalue weighted by Gasteiger charge is -2.35. The number of halogens is 1. The first-order valence-electron chi connectivity index (χ1n) is 9.18. The summed E-state index contributed by atoms with van der Waals surface area (Å²) < 4.78 is 1.65. The molecule has 28 heavy (non-hydrogen) atoms. The number of nitrogens with one attached hydrogen (secondary N) is 1. The highest BCUT2D eigenvalue weighted by molar-refractivity contribution is 6.30. The Bertz CT molecular complexity index is 1180. The van der Waals surface area contributed by atoms with E-state index in [1.54, 1.807) is 23.0 Å². The number of aromatic nitrogens is 4. The first-order chi connectivity index (χ1) is 13.6. The van der Waals surface area contributed by atoms with E-state index in [1.165, 1.54) is 11.1 Å². The number of rotatable bonds is 2. The quantitative estimate of drug-likeness (QED) is 0.558. The Morgan fingerprint density at radius 1 is 1.21 bits per heavy atom. The Labute approximate surface area is 166 Å². The third kappa shape index (κ3) is 2.77. The molecule has 5 rings (SSSR count). The number of hydrogen-bond donors (Lipinski definition) is 1. The van der Waals surface area contributed by atoms with Crippen molar-refractivity contribution in [2.75, 3.05) is 6.54 Å². The van der Waals surface area contributed by atoms with Gasteiger partial charge in [-0.1, -0.05) is 23.7 Å². The molecule has 1 unspecified atom stereocenters. The third-order valence-corrected chi connectivity index (χ3v) is 5.64. The normalized spacial score (nSPS) is 16.4. The molecule has 1 atom stereocenters. The van der Waals surface area contributed by atoms with Gasteiger partial charge in [0.1, 0.15) is 0 Å². The Balaban J connectivity index is 1.48. The van der Waals surface area contributed by atoms with E-state index in [0.717, 1.165) is 23.1 Å². The Morgan fingerprint density at radius 2 is 2.11 bits per heavy atom. The average Bonchev–Trinajstić information content (AvgIpc) is 3.37. The first kappa shape index (κ1) is 17.0. The summed E-state index contributed by atoms with van der Waals surface area (Å²) in [6.45, 7) is 2.74. The van der Waals surface area contributed by atoms with Crippen LogP contribution in [0.5, 0.6) is 0 Å². The van der Waals surface area contributed by atoms with E-state index in [0.29, 0.717) is 17.3 Å². The molecule has 0 aliphatic carbocycles. The second-order valence-corrected chi connectivity index (χ2v) is 7.51. The van der Waals surface area contributed by atoms with Crippen LogP contribution in [0.2, 0.25) is 5.02 Å². The predicted molar refractivity (Wildman–Crippen MR) is 107 cm³/mol. The zero-order valence-corrected chi connectivity index (χ0v) is 16.0. The fourth-order valence-electron chi connectivity index (χ4n) is 3.89. The molecule has 0 radical (unpaired) electrons. The van der Waals surface area contributed by atoms with E-state index in [4.69, 9.17) is 11.6 Å². The van der Waals surface area contributed by atoms with Crippen LogP contribution in [0, 0.1) is 0 Å². The topological polar surface area (TPSA) is 66.3 Å². The summed E-state index contributed by atoms with van der Waals surface area (Å²) in [4.78, 5) is 15.1. The Morgan fingerprint density at radius 3 is 2.93 bits per heavy atom. The maximum Gasteiger partial charge on any atom is 0.274 e. The van der Waals surface area contributed by atoms with Crippen LogP contribution in [0.1, 0.15) is 34.6 Å². The zero-order chi connectivity index (χ0) is 19.3. The first-order valence-corrected chi connectivity index (χ1v) is 9.56. The van der Waals surface area contributed by atoms with Crippen LogP contribution in [0.3, 0.4) is 0 Å². The van der Waals surface area contributed by atoms with Crippen LogP contribution in [-0.2, 0) is 6.42 Å². The summed E-state index contributed by atoms with van der Waals surface area (Å²) in [6, 6.07) is 11.9. The van der Waals surface area contributed by atoms with Crippen LogP contribution in [-0.4, -0.2) is 37.2 Å². The molecule has 1 amide bonds. The lowest BCUT2D eigenvalue weighted by atomic mass is 9.90. The average molecular weight is 392 g/mol. The minimum absolute atomic E-state index is 0.0310. The standard InChI is InChI=1S/C21H18ClN5O/c1-13-19-8-15(16-10-23-24-11-16)3-2-14(19)6-7-26(13)21(28)20-9-18-5-4-17(22)12-27(18)25-20/h2-5,8-13H,6-7H2,1H3,(H,23,24). The van der Waals surface area contributed by atoms with Crippen molar-refractivity contribution in [1.29, 1.82) is 0 Å². The smallest absolute Gasteiger partial charge is 0.274 e. The second-order valence-electron chi connectivity index (χ2n) is 7.07. The van der Waals surface area contributed by atoms with Gasteiger partial charge in [-0.2, -0.15) is 10.2 Å². The second kappa shape index (κ2) is 6.49. The molecule has 4 aromatic rings. The number of benzene rings is 1. The number of nitrogens with zero attached hydrogens (tertiary/aromatic N) is 4. The molecule has 140 valence electrons. The SMILES string of the molecule is CC1c2cc(-c3cn[nH]c3)ccc2CCN1C(=O)c1cc2ccc(Cl)cn2n1. The summed E-state index contributed by atoms with van der Waals surface area (Å²) in [5, 5.41) is 11.9. The molecule has 0 spiro atoms. The minimum Gasteiger partial charge on any atom is -0.330 e. The zero-order valence-electron chi connectivity index (χ0n) is 15.3. The van der Waals surface area contributed by atoms with Crippen LogP contribution >= 0.6 is 11.6 Å². The molecule has 0 bridgehead atoms. The van der Waals surface area contributed by atoms with Gasteiger partial charge in [0.15, 0.2) is 5.69 Å². The lowest BCUT2D eigenvalue weighted by Crippen LogP contribution is -2.39. The monoisotopic (exact) mass is 391 g/mol. The third-order valence-electron chi connectivity index (χ3n) is 5.42. The van der Waals surface area contributed by atoms with E-state index in [1.807, 2.05) is 23.2 Å². The maximum atomic E-state index is 13.2. The number of pyridine rings is 1. The van der Waals surface area contributed by atoms with Gasteiger partial charge in [-0.05, 0) is 54.3 Å². The van der Waals surface area contributed by atoms with Crippen LogP contribution < -0.4 is 0 Å². The fourth-order valence-corrected chi connectivity index (χ4v) is 4.05. The van der Waals surface area contributed by atoms with Gasteiger partial charge in [0.25, 0.3) is 5.91 Å². The molecule has 0 fully saturated rings. The molecule has 4 heterocycles. The van der Waals surface area contributed by atoms with Crippen LogP contribution in [0.25, 0.3) is 16.6 Å². The van der Waals surface area contributed by atoms with Crippen molar-refractivity contribution >= 4 is 23.0 Å². The number of carbonyl (C=O) groups is 1. The highest BCUT2D eigenvalue weighted by Gasteiger charge is 2.30. The number of H-pyrrole nitrogens is 1. The van der Waals surface area contributed by atoms with Crippen molar-refractivity contribution in [2.45, 2.75) is 19.4 Å². The van der Waals surface area contributed by atoms with Gasteiger partial charge in [-0.3, -0.25) is 9.89 Å². The van der Waals surface area contributed by atoms with Gasteiger partial charge in [-0.15, -0.1) is 0 Å². The van der Waals surface area contributed by atoms with Gasteiger partial charge < -0.3 is 4.90 Å². The molecule has 1 aromatic carbocycles. The minimum atomic E-state index is -0.0633. The number of aromatic amines is 1. The number of hydrogen-bond acceptors (Lipinski definition) is 3. The number of fused-ring (bicyclic) bond motifs is 2. The van der Waals surface area contributed by atoms with Crippen molar-refractivity contribution < 1.29 is 4.79 Å². The van der Waals surface area contributed by atoms with E-state index >= 15 is 0 Å². The number of amides is 1. The summed E-state index contributed by atoms with van der Waals surface area (Å²) in [5.41, 5.74) is 5.87. The van der Waals surface area contributed by atoms with Crippen LogP contribution in [0.4, 0.5) is 0 Å². The molecule has 0 saturated heterocycles. The largest absolute Gasteiger partial charge is 0.330 e. The van der Waals surface area contributed by atoms with Gasteiger partial charge >= 0.3 is 0 Å². The highest BCUT2D eigenvalue weighted by atomic mass is 35.5. The van der Waals surface area contributed by atoms with E-state index in [2.05, 4.69) is 40.4 Å². The molecular formula is C21H18ClN5O. The highest BCUT2D eigenvalue weighted by Crippen LogP contribution is 2.33. The van der Waals surface area contributed by atoms with Crippen molar-refractivity contribution in [1.82, 2.24) is 24.7 Å². The number of carbonyl (C=O) groups excluding carboxylic acids is 1. The van der Waals surface area contributed by atoms with Gasteiger partial charge in [-0.25, -0.2) is 4.52 Å². The Hall–Kier alpha value is -3.12. The summed E-state index contributed by atoms with van der Waals surface area (Å²) in [5.74, 6) is -0.0633. The summed E-state index contributed by atoms with van der Waals surface area (Å²) in [7, 11) is 0. The summed E-state index contributed by atoms with van der Waals surface area (Å²) in [6.07, 6.45) is 6.22. The summed E-state index contributed by atoms with van der Waals surface area (Å²) >= 11 is 6.03. The lowest BCUT2D eigenvalue weighted by molar-refractivity contribution is 0.0671. The van der Waals surface area contributed by atoms with E-state index < -0.39 is 0 Å². The molecule has 1 N–H and O–H groups in total. The van der Waals surface area contributed by atoms with Crippen LogP contribution in [0.15, 0.2) is 55.0 Å². The Kier molecular flexibility index (Phi) is 3.94. The predicted octanol–water partition coefficient (Wildman–Crippen LogP) is 4.14. The van der Waals surface area contributed by atoms with Gasteiger partial charge in [0.05, 0.1) is 22.8 Å². The molecular weight excluding hydrogens is 374 g/mol. The molecule has 7 heteroatoms. The van der Waals surface area contributed by atoms with Crippen molar-refractivity contribution in [2.24, 2.45) is 0 Å². The van der Waals surface area contributed by atoms with E-state index in [9.17, 15) is 4.79 Å². The molecule has 1 aliphatic rings. The van der Waals surface area contributed by atoms with Gasteiger partial charge in [0, 0.05) is 24.5 Å². The van der Waals surface area contributed by atoms with Crippen molar-refractivity contribution in [3.63, 3.8) is 0 Å². The van der Waals surface area contributed by atoms with Crippen molar-refractivity contribution in [3.8, 4) is 11.1 Å². The maximum absolute atomic E-state index is 13.2. The molecule has 6 nitrogen and oxygen atoms in total. The van der Waals surface area contributed by atoms with E-state index in [-0.39, 0.29) is 11.9 Å². The fraction of sp³-hybridized carbons (Fsp3) is 0.190. The molecule has 1 aliphatic heterocycles.